The fraction of sp³-hybridized carbons (Fsp3) is 0.429. The van der Waals surface area contributed by atoms with Gasteiger partial charge in [0.2, 0.25) is 11.8 Å². The van der Waals surface area contributed by atoms with Gasteiger partial charge in [0.25, 0.3) is 0 Å². The predicted octanol–water partition coefficient (Wildman–Crippen LogP) is 0.182. The summed E-state index contributed by atoms with van der Waals surface area (Å²) in [6.45, 7) is 3.75. The van der Waals surface area contributed by atoms with E-state index >= 15 is 0 Å². The van der Waals surface area contributed by atoms with Crippen LogP contribution in [0, 0.1) is 12.7 Å². The van der Waals surface area contributed by atoms with E-state index in [1.807, 2.05) is 0 Å². The maximum atomic E-state index is 13.1. The molecule has 1 saturated heterocycles. The van der Waals surface area contributed by atoms with Crippen molar-refractivity contribution in [2.45, 2.75) is 13.5 Å². The highest BCUT2D eigenvalue weighted by Gasteiger charge is 2.18. The third-order valence-corrected chi connectivity index (χ3v) is 3.20. The van der Waals surface area contributed by atoms with Crippen molar-refractivity contribution in [1.82, 2.24) is 15.5 Å². The van der Waals surface area contributed by atoms with E-state index < -0.39 is 0 Å². The summed E-state index contributed by atoms with van der Waals surface area (Å²) in [5, 5.41) is 5.48. The van der Waals surface area contributed by atoms with Crippen molar-refractivity contribution < 1.29 is 14.0 Å². The molecule has 5 nitrogen and oxygen atoms in total. The molecule has 0 saturated carbocycles. The number of aryl methyl sites for hydroxylation is 1. The third kappa shape index (κ3) is 4.03. The molecule has 2 amide bonds. The zero-order chi connectivity index (χ0) is 14.5. The van der Waals surface area contributed by atoms with Gasteiger partial charge in [-0.1, -0.05) is 12.1 Å². The van der Waals surface area contributed by atoms with Gasteiger partial charge in [0.05, 0.1) is 13.1 Å². The van der Waals surface area contributed by atoms with Gasteiger partial charge in [-0.2, -0.15) is 0 Å². The topological polar surface area (TPSA) is 61.4 Å². The molecule has 1 fully saturated rings. The molecule has 1 heterocycles. The van der Waals surface area contributed by atoms with Crippen molar-refractivity contribution in [2.24, 2.45) is 0 Å². The van der Waals surface area contributed by atoms with Crippen molar-refractivity contribution in [1.29, 1.82) is 0 Å². The highest BCUT2D eigenvalue weighted by atomic mass is 19.1. The summed E-state index contributed by atoms with van der Waals surface area (Å²) in [5.41, 5.74) is 1.41. The number of carbonyl (C=O) groups excluding carboxylic acids is 2. The summed E-state index contributed by atoms with van der Waals surface area (Å²) in [6.07, 6.45) is 0. The van der Waals surface area contributed by atoms with Crippen LogP contribution in [0.25, 0.3) is 0 Å². The van der Waals surface area contributed by atoms with E-state index in [9.17, 15) is 14.0 Å². The van der Waals surface area contributed by atoms with Gasteiger partial charge in [0.1, 0.15) is 5.82 Å². The first kappa shape index (κ1) is 14.5. The van der Waals surface area contributed by atoms with Crippen molar-refractivity contribution in [3.63, 3.8) is 0 Å². The Balaban J connectivity index is 1.79. The van der Waals surface area contributed by atoms with Crippen molar-refractivity contribution in [3.05, 3.63) is 35.1 Å². The highest BCUT2D eigenvalue weighted by Crippen LogP contribution is 2.08. The Bertz CT molecular complexity index is 519. The minimum atomic E-state index is -0.251. The van der Waals surface area contributed by atoms with Crippen LogP contribution in [0.5, 0.6) is 0 Å². The van der Waals surface area contributed by atoms with E-state index in [4.69, 9.17) is 0 Å². The van der Waals surface area contributed by atoms with Gasteiger partial charge in [0.15, 0.2) is 0 Å². The Morgan fingerprint density at radius 2 is 2.30 bits per heavy atom. The van der Waals surface area contributed by atoms with Crippen LogP contribution >= 0.6 is 0 Å². The average Bonchev–Trinajstić information content (AvgIpc) is 2.40. The van der Waals surface area contributed by atoms with Gasteiger partial charge in [-0.15, -0.1) is 0 Å². The molecule has 1 aromatic carbocycles. The van der Waals surface area contributed by atoms with Crippen LogP contribution in [0.1, 0.15) is 11.1 Å². The zero-order valence-corrected chi connectivity index (χ0v) is 11.4. The summed E-state index contributed by atoms with van der Waals surface area (Å²) in [4.78, 5) is 24.8. The molecule has 1 aliphatic rings. The van der Waals surface area contributed by atoms with E-state index in [0.29, 0.717) is 25.2 Å². The molecule has 108 valence electrons. The molecular formula is C14H18FN3O2. The van der Waals surface area contributed by atoms with E-state index in [2.05, 4.69) is 10.6 Å². The second-order valence-corrected chi connectivity index (χ2v) is 4.92. The number of nitrogens with one attached hydrogen (secondary N) is 2. The minimum Gasteiger partial charge on any atom is -0.354 e. The number of nitrogens with zero attached hydrogens (tertiary/aromatic N) is 1. The monoisotopic (exact) mass is 279 g/mol. The molecule has 1 aromatic rings. The lowest BCUT2D eigenvalue weighted by Gasteiger charge is -2.25. The second kappa shape index (κ2) is 6.47. The summed E-state index contributed by atoms with van der Waals surface area (Å²) < 4.78 is 13.1. The minimum absolute atomic E-state index is 0.0572. The van der Waals surface area contributed by atoms with Crippen LogP contribution in [0.3, 0.4) is 0 Å². The number of hydrogen-bond donors (Lipinski definition) is 2. The lowest BCUT2D eigenvalue weighted by molar-refractivity contribution is -0.127. The van der Waals surface area contributed by atoms with Gasteiger partial charge in [-0.05, 0) is 24.1 Å². The molecule has 1 aliphatic heterocycles. The van der Waals surface area contributed by atoms with Gasteiger partial charge < -0.3 is 10.6 Å². The first-order chi connectivity index (χ1) is 9.54. The number of amides is 2. The number of rotatable bonds is 4. The molecule has 0 bridgehead atoms. The summed E-state index contributed by atoms with van der Waals surface area (Å²) in [5.74, 6) is -0.445. The molecule has 2 N–H and O–H groups in total. The molecule has 20 heavy (non-hydrogen) atoms. The number of hydrogen-bond acceptors (Lipinski definition) is 3. The zero-order valence-electron chi connectivity index (χ0n) is 11.4. The van der Waals surface area contributed by atoms with Gasteiger partial charge in [-0.3, -0.25) is 14.5 Å². The third-order valence-electron chi connectivity index (χ3n) is 3.20. The average molecular weight is 279 g/mol. The van der Waals surface area contributed by atoms with Crippen molar-refractivity contribution >= 4 is 11.8 Å². The maximum Gasteiger partial charge on any atom is 0.234 e. The number of halogens is 1. The Hall–Kier alpha value is -1.95. The van der Waals surface area contributed by atoms with Crippen LogP contribution < -0.4 is 10.6 Å². The summed E-state index contributed by atoms with van der Waals surface area (Å²) in [7, 11) is 0. The molecule has 2 rings (SSSR count). The summed E-state index contributed by atoms with van der Waals surface area (Å²) in [6, 6.07) is 4.76. The van der Waals surface area contributed by atoms with Gasteiger partial charge in [0, 0.05) is 19.6 Å². The van der Waals surface area contributed by atoms with Crippen LogP contribution in [-0.2, 0) is 16.1 Å². The van der Waals surface area contributed by atoms with Gasteiger partial charge >= 0.3 is 0 Å². The first-order valence-electron chi connectivity index (χ1n) is 6.55. The van der Waals surface area contributed by atoms with Crippen molar-refractivity contribution in [2.75, 3.05) is 26.2 Å². The lowest BCUT2D eigenvalue weighted by atomic mass is 10.1. The van der Waals surface area contributed by atoms with Crippen LogP contribution in [0.15, 0.2) is 18.2 Å². The first-order valence-corrected chi connectivity index (χ1v) is 6.55. The van der Waals surface area contributed by atoms with E-state index in [-0.39, 0.29) is 30.7 Å². The molecule has 0 spiro atoms. The van der Waals surface area contributed by atoms with Crippen LogP contribution in [0.4, 0.5) is 4.39 Å². The SMILES string of the molecule is Cc1cc(CNC(=O)CN2CCNC(=O)C2)ccc1F. The molecule has 0 atom stereocenters. The molecule has 0 radical (unpaired) electrons. The normalized spacial score (nSPS) is 15.8. The lowest BCUT2D eigenvalue weighted by Crippen LogP contribution is -2.50. The quantitative estimate of drug-likeness (QED) is 0.826. The molecule has 0 aromatic heterocycles. The molecule has 0 unspecified atom stereocenters. The Morgan fingerprint density at radius 3 is 3.00 bits per heavy atom. The van der Waals surface area contributed by atoms with E-state index in [0.717, 1.165) is 5.56 Å². The van der Waals surface area contributed by atoms with Gasteiger partial charge in [-0.25, -0.2) is 4.39 Å². The summed E-state index contributed by atoms with van der Waals surface area (Å²) >= 11 is 0. The van der Waals surface area contributed by atoms with E-state index in [1.54, 1.807) is 24.0 Å². The molecular weight excluding hydrogens is 261 g/mol. The molecule has 0 aliphatic carbocycles. The maximum absolute atomic E-state index is 13.1. The fourth-order valence-electron chi connectivity index (χ4n) is 2.10. The van der Waals surface area contributed by atoms with Crippen LogP contribution in [0.2, 0.25) is 0 Å². The van der Waals surface area contributed by atoms with Crippen LogP contribution in [-0.4, -0.2) is 42.9 Å². The second-order valence-electron chi connectivity index (χ2n) is 4.92. The number of carbonyl (C=O) groups is 2. The number of benzene rings is 1. The van der Waals surface area contributed by atoms with E-state index in [1.165, 1.54) is 6.07 Å². The smallest absolute Gasteiger partial charge is 0.234 e. The van der Waals surface area contributed by atoms with Crippen molar-refractivity contribution in [3.8, 4) is 0 Å². The highest BCUT2D eigenvalue weighted by molar-refractivity contribution is 5.81. The fourth-order valence-corrected chi connectivity index (χ4v) is 2.10. The standard InChI is InChI=1S/C14H18FN3O2/c1-10-6-11(2-3-12(10)15)7-17-14(20)9-18-5-4-16-13(19)8-18/h2-3,6H,4-5,7-9H2,1H3,(H,16,19)(H,17,20). The Morgan fingerprint density at radius 1 is 1.50 bits per heavy atom. The predicted molar refractivity (Wildman–Crippen MR) is 72.4 cm³/mol. The molecule has 6 heteroatoms. The number of piperazine rings is 1. The largest absolute Gasteiger partial charge is 0.354 e. The Labute approximate surface area is 117 Å². The Kier molecular flexibility index (Phi) is 4.68.